The lowest BCUT2D eigenvalue weighted by Gasteiger charge is -2.18. The van der Waals surface area contributed by atoms with E-state index in [0.717, 1.165) is 12.0 Å². The summed E-state index contributed by atoms with van der Waals surface area (Å²) in [5.74, 6) is -0.863. The topological polar surface area (TPSA) is 63.6 Å². The van der Waals surface area contributed by atoms with Gasteiger partial charge in [-0.05, 0) is 48.4 Å². The minimum atomic E-state index is -1.95. The molecule has 0 amide bonds. The van der Waals surface area contributed by atoms with Crippen molar-refractivity contribution in [1.29, 1.82) is 0 Å². The van der Waals surface area contributed by atoms with Crippen LogP contribution in [0.15, 0.2) is 42.5 Å². The average Bonchev–Trinajstić information content (AvgIpc) is 2.78. The highest BCUT2D eigenvalue weighted by molar-refractivity contribution is 6.30. The lowest BCUT2D eigenvalue weighted by atomic mass is 9.87. The third-order valence-corrected chi connectivity index (χ3v) is 4.27. The van der Waals surface area contributed by atoms with Gasteiger partial charge in [0, 0.05) is 16.1 Å². The third kappa shape index (κ3) is 2.76. The Morgan fingerprint density at radius 1 is 1.22 bits per heavy atom. The van der Waals surface area contributed by atoms with Crippen LogP contribution in [-0.2, 0) is 16.8 Å². The summed E-state index contributed by atoms with van der Waals surface area (Å²) in [5, 5.41) is 11.3. The molecule has 1 aliphatic heterocycles. The first-order chi connectivity index (χ1) is 10.9. The van der Waals surface area contributed by atoms with E-state index in [4.69, 9.17) is 16.3 Å². The normalized spacial score (nSPS) is 19.3. The van der Waals surface area contributed by atoms with Gasteiger partial charge in [0.2, 0.25) is 0 Å². The van der Waals surface area contributed by atoms with Gasteiger partial charge >= 0.3 is 5.97 Å². The predicted molar refractivity (Wildman–Crippen MR) is 85.8 cm³/mol. The van der Waals surface area contributed by atoms with Crippen molar-refractivity contribution in [3.8, 4) is 5.75 Å². The van der Waals surface area contributed by atoms with E-state index in [1.54, 1.807) is 36.4 Å². The zero-order valence-corrected chi connectivity index (χ0v) is 13.3. The van der Waals surface area contributed by atoms with E-state index in [1.165, 1.54) is 0 Å². The average molecular weight is 331 g/mol. The predicted octanol–water partition coefficient (Wildman–Crippen LogP) is 3.28. The van der Waals surface area contributed by atoms with Crippen molar-refractivity contribution in [2.24, 2.45) is 0 Å². The Hall–Kier alpha value is -2.17. The Morgan fingerprint density at radius 2 is 1.91 bits per heavy atom. The van der Waals surface area contributed by atoms with Gasteiger partial charge in [-0.1, -0.05) is 24.6 Å². The minimum Gasteiger partial charge on any atom is -0.424 e. The van der Waals surface area contributed by atoms with Crippen LogP contribution in [0.1, 0.15) is 34.8 Å². The van der Waals surface area contributed by atoms with Crippen LogP contribution < -0.4 is 4.74 Å². The molecule has 0 spiro atoms. The van der Waals surface area contributed by atoms with Gasteiger partial charge in [-0.15, -0.1) is 0 Å². The summed E-state index contributed by atoms with van der Waals surface area (Å²) in [4.78, 5) is 24.5. The molecular weight excluding hydrogens is 316 g/mol. The van der Waals surface area contributed by atoms with Crippen molar-refractivity contribution >= 4 is 23.4 Å². The molecule has 0 saturated carbocycles. The number of carbonyl (C=O) groups is 2. The fourth-order valence-corrected chi connectivity index (χ4v) is 2.77. The molecule has 5 heteroatoms. The molecule has 2 aromatic carbocycles. The Labute approximate surface area is 138 Å². The van der Waals surface area contributed by atoms with Gasteiger partial charge in [0.05, 0.1) is 6.42 Å². The van der Waals surface area contributed by atoms with Gasteiger partial charge in [0.15, 0.2) is 11.4 Å². The molecule has 1 atom stereocenters. The van der Waals surface area contributed by atoms with Gasteiger partial charge in [-0.25, -0.2) is 4.79 Å². The molecule has 0 aliphatic carbocycles. The molecule has 0 radical (unpaired) electrons. The SMILES string of the molecule is CCc1ccc2c(c1)C(O)(CC(=O)c1ccc(Cl)cc1)C(=O)O2. The largest absolute Gasteiger partial charge is 0.424 e. The highest BCUT2D eigenvalue weighted by atomic mass is 35.5. The molecule has 2 aromatic rings. The van der Waals surface area contributed by atoms with Crippen molar-refractivity contribution in [3.63, 3.8) is 0 Å². The maximum Gasteiger partial charge on any atom is 0.348 e. The Kier molecular flexibility index (Phi) is 3.96. The number of hydrogen-bond acceptors (Lipinski definition) is 4. The molecule has 1 unspecified atom stereocenters. The lowest BCUT2D eigenvalue weighted by molar-refractivity contribution is -0.151. The number of aliphatic hydroxyl groups is 1. The summed E-state index contributed by atoms with van der Waals surface area (Å²) >= 11 is 5.80. The second-order valence-corrected chi connectivity index (χ2v) is 5.98. The lowest BCUT2D eigenvalue weighted by Crippen LogP contribution is -2.36. The molecule has 118 valence electrons. The van der Waals surface area contributed by atoms with Crippen LogP contribution in [0, 0.1) is 0 Å². The first-order valence-electron chi connectivity index (χ1n) is 7.31. The molecule has 0 fully saturated rings. The number of carbonyl (C=O) groups excluding carboxylic acids is 2. The van der Waals surface area contributed by atoms with E-state index in [9.17, 15) is 14.7 Å². The van der Waals surface area contributed by atoms with E-state index in [2.05, 4.69) is 0 Å². The highest BCUT2D eigenvalue weighted by Gasteiger charge is 2.49. The van der Waals surface area contributed by atoms with Crippen molar-refractivity contribution in [3.05, 3.63) is 64.2 Å². The van der Waals surface area contributed by atoms with Crippen LogP contribution in [0.3, 0.4) is 0 Å². The molecule has 1 heterocycles. The number of benzene rings is 2. The molecule has 1 aliphatic rings. The summed E-state index contributed by atoms with van der Waals surface area (Å²) in [6.07, 6.45) is 0.385. The molecule has 0 saturated heterocycles. The first-order valence-corrected chi connectivity index (χ1v) is 7.68. The van der Waals surface area contributed by atoms with Gasteiger partial charge < -0.3 is 9.84 Å². The number of ketones is 1. The number of halogens is 1. The fraction of sp³-hybridized carbons (Fsp3) is 0.222. The number of hydrogen-bond donors (Lipinski definition) is 1. The van der Waals surface area contributed by atoms with Crippen LogP contribution in [0.5, 0.6) is 5.75 Å². The summed E-state index contributed by atoms with van der Waals surface area (Å²) in [6, 6.07) is 11.5. The van der Waals surface area contributed by atoms with E-state index in [-0.39, 0.29) is 12.2 Å². The number of Topliss-reactive ketones (excluding diaryl/α,β-unsaturated/α-hetero) is 1. The zero-order chi connectivity index (χ0) is 16.6. The summed E-state index contributed by atoms with van der Waals surface area (Å²) in [6.45, 7) is 1.97. The molecule has 23 heavy (non-hydrogen) atoms. The molecule has 0 aromatic heterocycles. The Bertz CT molecular complexity index is 782. The van der Waals surface area contributed by atoms with E-state index < -0.39 is 11.6 Å². The fourth-order valence-electron chi connectivity index (χ4n) is 2.64. The summed E-state index contributed by atoms with van der Waals surface area (Å²) in [7, 11) is 0. The number of ether oxygens (including phenoxy) is 1. The van der Waals surface area contributed by atoms with Crippen molar-refractivity contribution in [1.82, 2.24) is 0 Å². The second-order valence-electron chi connectivity index (χ2n) is 5.54. The highest BCUT2D eigenvalue weighted by Crippen LogP contribution is 2.41. The number of aryl methyl sites for hydroxylation is 1. The molecule has 3 rings (SSSR count). The maximum atomic E-state index is 12.4. The Balaban J connectivity index is 1.94. The van der Waals surface area contributed by atoms with Crippen molar-refractivity contribution in [2.75, 3.05) is 0 Å². The summed E-state index contributed by atoms with van der Waals surface area (Å²) < 4.78 is 5.12. The second kappa shape index (κ2) is 5.80. The first kappa shape index (κ1) is 15.7. The molecule has 4 nitrogen and oxygen atoms in total. The number of fused-ring (bicyclic) bond motifs is 1. The zero-order valence-electron chi connectivity index (χ0n) is 12.5. The monoisotopic (exact) mass is 330 g/mol. The number of rotatable bonds is 4. The van der Waals surface area contributed by atoms with E-state index in [1.807, 2.05) is 13.0 Å². The van der Waals surface area contributed by atoms with Crippen LogP contribution in [0.4, 0.5) is 0 Å². The number of esters is 1. The van der Waals surface area contributed by atoms with Gasteiger partial charge in [-0.2, -0.15) is 0 Å². The van der Waals surface area contributed by atoms with Crippen molar-refractivity contribution in [2.45, 2.75) is 25.4 Å². The van der Waals surface area contributed by atoms with Gasteiger partial charge in [0.1, 0.15) is 5.75 Å². The van der Waals surface area contributed by atoms with Crippen LogP contribution >= 0.6 is 11.6 Å². The quantitative estimate of drug-likeness (QED) is 0.531. The maximum absolute atomic E-state index is 12.4. The minimum absolute atomic E-state index is 0.304. The van der Waals surface area contributed by atoms with Crippen LogP contribution in [0.25, 0.3) is 0 Å². The molecule has 0 bridgehead atoms. The van der Waals surface area contributed by atoms with Gasteiger partial charge in [-0.3, -0.25) is 4.79 Å². The van der Waals surface area contributed by atoms with E-state index >= 15 is 0 Å². The standard InChI is InChI=1S/C18H15ClO4/c1-2-11-3-8-16-14(9-11)18(22,17(21)23-16)10-15(20)12-4-6-13(19)7-5-12/h3-9,22H,2,10H2,1H3. The third-order valence-electron chi connectivity index (χ3n) is 4.02. The van der Waals surface area contributed by atoms with Crippen molar-refractivity contribution < 1.29 is 19.4 Å². The smallest absolute Gasteiger partial charge is 0.348 e. The van der Waals surface area contributed by atoms with Crippen LogP contribution in [-0.4, -0.2) is 16.9 Å². The van der Waals surface area contributed by atoms with Crippen LogP contribution in [0.2, 0.25) is 5.02 Å². The summed E-state index contributed by atoms with van der Waals surface area (Å²) in [5.41, 5.74) is -0.253. The molecule has 1 N–H and O–H groups in total. The molecular formula is C18H15ClO4. The van der Waals surface area contributed by atoms with E-state index in [0.29, 0.717) is 21.9 Å². The van der Waals surface area contributed by atoms with Gasteiger partial charge in [0.25, 0.3) is 0 Å². The Morgan fingerprint density at radius 3 is 2.57 bits per heavy atom.